The number of carbonyl (C=O) groups excluding carboxylic acids is 2. The van der Waals surface area contributed by atoms with Crippen LogP contribution in [0.2, 0.25) is 0 Å². The Bertz CT molecular complexity index is 858. The molecule has 2 aromatic heterocycles. The van der Waals surface area contributed by atoms with Crippen molar-refractivity contribution in [1.29, 1.82) is 0 Å². The van der Waals surface area contributed by atoms with Gasteiger partial charge in [0, 0.05) is 36.9 Å². The highest BCUT2D eigenvalue weighted by Crippen LogP contribution is 2.40. The van der Waals surface area contributed by atoms with E-state index in [2.05, 4.69) is 21.6 Å². The van der Waals surface area contributed by atoms with Crippen LogP contribution in [-0.2, 0) is 29.1 Å². The topological polar surface area (TPSA) is 94.1 Å². The van der Waals surface area contributed by atoms with Gasteiger partial charge in [-0.3, -0.25) is 9.59 Å². The number of nitrogens with two attached hydrogens (primary N) is 1. The van der Waals surface area contributed by atoms with Crippen LogP contribution in [0.3, 0.4) is 0 Å². The summed E-state index contributed by atoms with van der Waals surface area (Å²) < 4.78 is 1.98. The van der Waals surface area contributed by atoms with Crippen molar-refractivity contribution in [3.05, 3.63) is 27.7 Å². The van der Waals surface area contributed by atoms with Gasteiger partial charge in [-0.1, -0.05) is 11.8 Å². The Morgan fingerprint density at radius 1 is 1.41 bits per heavy atom. The molecule has 2 aromatic rings. The van der Waals surface area contributed by atoms with Gasteiger partial charge in [0.2, 0.25) is 11.8 Å². The molecule has 3 heterocycles. The molecule has 1 atom stereocenters. The highest BCUT2D eigenvalue weighted by atomic mass is 32.2. The molecule has 7 nitrogen and oxygen atoms in total. The van der Waals surface area contributed by atoms with Crippen LogP contribution in [0.25, 0.3) is 0 Å². The second-order valence-corrected chi connectivity index (χ2v) is 9.43. The zero-order chi connectivity index (χ0) is 19.0. The van der Waals surface area contributed by atoms with Gasteiger partial charge in [0.05, 0.1) is 5.25 Å². The molecule has 0 spiro atoms. The third kappa shape index (κ3) is 4.03. The van der Waals surface area contributed by atoms with E-state index in [1.165, 1.54) is 22.2 Å². The molecule has 2 aliphatic rings. The van der Waals surface area contributed by atoms with Crippen LogP contribution >= 0.6 is 23.1 Å². The van der Waals surface area contributed by atoms with Crippen molar-refractivity contribution in [3.8, 4) is 0 Å². The second kappa shape index (κ2) is 7.63. The van der Waals surface area contributed by atoms with E-state index in [4.69, 9.17) is 5.73 Å². The summed E-state index contributed by atoms with van der Waals surface area (Å²) in [6.45, 7) is 3.84. The van der Waals surface area contributed by atoms with Gasteiger partial charge in [0.25, 0.3) is 0 Å². The lowest BCUT2D eigenvalue weighted by atomic mass is 10.1. The molecule has 144 valence electrons. The zero-order valence-electron chi connectivity index (χ0n) is 15.3. The predicted molar refractivity (Wildman–Crippen MR) is 105 cm³/mol. The molecule has 1 aliphatic carbocycles. The molecule has 1 aliphatic heterocycles. The van der Waals surface area contributed by atoms with E-state index in [0.29, 0.717) is 24.2 Å². The molecular weight excluding hydrogens is 382 g/mol. The Morgan fingerprint density at radius 3 is 2.96 bits per heavy atom. The lowest BCUT2D eigenvalue weighted by Gasteiger charge is -2.29. The first-order chi connectivity index (χ1) is 13.0. The van der Waals surface area contributed by atoms with E-state index in [9.17, 15) is 9.59 Å². The Labute approximate surface area is 166 Å². The standard InChI is InChI=1S/C18H23N5O2S2/c1-11(17(25)22-7-4-14-13(10-22)6-9-26-14)27-18-21-20-16(12-2-3-12)23(18)8-5-15(19)24/h6,9,11-12H,2-5,7-8,10H2,1H3,(H2,19,24). The number of hydrogen-bond donors (Lipinski definition) is 1. The van der Waals surface area contributed by atoms with Gasteiger partial charge < -0.3 is 15.2 Å². The maximum Gasteiger partial charge on any atom is 0.236 e. The first-order valence-corrected chi connectivity index (χ1v) is 11.0. The minimum absolute atomic E-state index is 0.120. The van der Waals surface area contributed by atoms with Gasteiger partial charge in [-0.25, -0.2) is 0 Å². The predicted octanol–water partition coefficient (Wildman–Crippen LogP) is 2.16. The van der Waals surface area contributed by atoms with Crippen LogP contribution in [0.5, 0.6) is 0 Å². The molecule has 27 heavy (non-hydrogen) atoms. The molecule has 1 fully saturated rings. The zero-order valence-corrected chi connectivity index (χ0v) is 16.9. The minimum atomic E-state index is -0.342. The average Bonchev–Trinajstić information content (AvgIpc) is 3.25. The summed E-state index contributed by atoms with van der Waals surface area (Å²) in [7, 11) is 0. The third-order valence-electron chi connectivity index (χ3n) is 5.02. The summed E-state index contributed by atoms with van der Waals surface area (Å²) in [5, 5.41) is 11.2. The van der Waals surface area contributed by atoms with Crippen molar-refractivity contribution in [2.45, 2.75) is 62.0 Å². The number of thioether (sulfide) groups is 1. The fraction of sp³-hybridized carbons (Fsp3) is 0.556. The minimum Gasteiger partial charge on any atom is -0.370 e. The number of primary amides is 1. The molecular formula is C18H23N5O2S2. The van der Waals surface area contributed by atoms with Crippen molar-refractivity contribution < 1.29 is 9.59 Å². The van der Waals surface area contributed by atoms with E-state index in [-0.39, 0.29) is 23.5 Å². The Hall–Kier alpha value is -1.87. The van der Waals surface area contributed by atoms with Crippen LogP contribution < -0.4 is 5.73 Å². The van der Waals surface area contributed by atoms with Gasteiger partial charge in [-0.05, 0) is 43.2 Å². The number of aromatic nitrogens is 3. The number of fused-ring (bicyclic) bond motifs is 1. The maximum absolute atomic E-state index is 12.9. The normalized spacial score (nSPS) is 17.6. The summed E-state index contributed by atoms with van der Waals surface area (Å²) in [5.41, 5.74) is 6.58. The van der Waals surface area contributed by atoms with E-state index >= 15 is 0 Å². The van der Waals surface area contributed by atoms with Crippen molar-refractivity contribution in [2.24, 2.45) is 5.73 Å². The van der Waals surface area contributed by atoms with E-state index in [1.807, 2.05) is 16.4 Å². The summed E-state index contributed by atoms with van der Waals surface area (Å²) in [4.78, 5) is 27.5. The summed E-state index contributed by atoms with van der Waals surface area (Å²) in [6, 6.07) is 2.11. The largest absolute Gasteiger partial charge is 0.370 e. The molecule has 4 rings (SSSR count). The van der Waals surface area contributed by atoms with Crippen LogP contribution in [0.4, 0.5) is 0 Å². The molecule has 0 bridgehead atoms. The summed E-state index contributed by atoms with van der Waals surface area (Å²) >= 11 is 3.19. The quantitative estimate of drug-likeness (QED) is 0.713. The average molecular weight is 406 g/mol. The highest BCUT2D eigenvalue weighted by molar-refractivity contribution is 8.00. The monoisotopic (exact) mass is 405 g/mol. The third-order valence-corrected chi connectivity index (χ3v) is 7.11. The molecule has 2 amide bonds. The van der Waals surface area contributed by atoms with E-state index in [1.54, 1.807) is 11.3 Å². The highest BCUT2D eigenvalue weighted by Gasteiger charge is 2.32. The lowest BCUT2D eigenvalue weighted by Crippen LogP contribution is -2.39. The van der Waals surface area contributed by atoms with Crippen LogP contribution in [0.15, 0.2) is 16.6 Å². The van der Waals surface area contributed by atoms with Crippen LogP contribution in [0.1, 0.15) is 48.4 Å². The fourth-order valence-corrected chi connectivity index (χ4v) is 5.22. The first kappa shape index (κ1) is 18.5. The number of thiophene rings is 1. The number of amides is 2. The van der Waals surface area contributed by atoms with Crippen molar-refractivity contribution in [1.82, 2.24) is 19.7 Å². The van der Waals surface area contributed by atoms with E-state index < -0.39 is 0 Å². The molecule has 0 aromatic carbocycles. The number of rotatable bonds is 7. The molecule has 2 N–H and O–H groups in total. The summed E-state index contributed by atoms with van der Waals surface area (Å²) in [6.07, 6.45) is 3.38. The smallest absolute Gasteiger partial charge is 0.236 e. The van der Waals surface area contributed by atoms with E-state index in [0.717, 1.165) is 31.6 Å². The Morgan fingerprint density at radius 2 is 2.22 bits per heavy atom. The van der Waals surface area contributed by atoms with Gasteiger partial charge in [-0.15, -0.1) is 21.5 Å². The fourth-order valence-electron chi connectivity index (χ4n) is 3.37. The number of hydrogen-bond acceptors (Lipinski definition) is 6. The van der Waals surface area contributed by atoms with Gasteiger partial charge in [-0.2, -0.15) is 0 Å². The first-order valence-electron chi connectivity index (χ1n) is 9.25. The van der Waals surface area contributed by atoms with Crippen LogP contribution in [0, 0.1) is 0 Å². The SMILES string of the molecule is CC(Sc1nnc(C2CC2)n1CCC(N)=O)C(=O)N1CCc2sccc2C1. The maximum atomic E-state index is 12.9. The Balaban J connectivity index is 1.45. The number of nitrogens with zero attached hydrogens (tertiary/aromatic N) is 4. The van der Waals surface area contributed by atoms with Crippen LogP contribution in [-0.4, -0.2) is 43.3 Å². The lowest BCUT2D eigenvalue weighted by molar-refractivity contribution is -0.131. The second-order valence-electron chi connectivity index (χ2n) is 7.12. The Kier molecular flexibility index (Phi) is 5.23. The van der Waals surface area contributed by atoms with Crippen molar-refractivity contribution >= 4 is 34.9 Å². The van der Waals surface area contributed by atoms with Gasteiger partial charge in [0.1, 0.15) is 5.82 Å². The summed E-state index contributed by atoms with van der Waals surface area (Å²) in [5.74, 6) is 1.11. The molecule has 0 saturated heterocycles. The molecule has 1 unspecified atom stereocenters. The molecule has 0 radical (unpaired) electrons. The van der Waals surface area contributed by atoms with Gasteiger partial charge in [0.15, 0.2) is 5.16 Å². The van der Waals surface area contributed by atoms with Crippen molar-refractivity contribution in [2.75, 3.05) is 6.54 Å². The molecule has 1 saturated carbocycles. The number of carbonyl (C=O) groups is 2. The van der Waals surface area contributed by atoms with Crippen molar-refractivity contribution in [3.63, 3.8) is 0 Å². The molecule has 9 heteroatoms. The van der Waals surface area contributed by atoms with Gasteiger partial charge >= 0.3 is 0 Å².